The number of imidazole rings is 1. The molecular formula is C14H12FN3O2. The van der Waals surface area contributed by atoms with Gasteiger partial charge in [-0.2, -0.15) is 0 Å². The molecule has 0 atom stereocenters. The van der Waals surface area contributed by atoms with E-state index in [4.69, 9.17) is 0 Å². The van der Waals surface area contributed by atoms with E-state index in [-0.39, 0.29) is 5.82 Å². The van der Waals surface area contributed by atoms with Crippen molar-refractivity contribution < 1.29 is 13.9 Å². The number of benzene rings is 1. The Bertz CT molecular complexity index is 804. The van der Waals surface area contributed by atoms with Gasteiger partial charge in [0.1, 0.15) is 17.0 Å². The van der Waals surface area contributed by atoms with Crippen LogP contribution >= 0.6 is 0 Å². The van der Waals surface area contributed by atoms with Gasteiger partial charge in [0.25, 0.3) is 0 Å². The zero-order valence-corrected chi connectivity index (χ0v) is 11.0. The summed E-state index contributed by atoms with van der Waals surface area (Å²) in [5, 5.41) is 0. The summed E-state index contributed by atoms with van der Waals surface area (Å²) in [4.78, 5) is 18.5. The summed E-state index contributed by atoms with van der Waals surface area (Å²) in [6.45, 7) is 0. The third kappa shape index (κ3) is 1.77. The topological polar surface area (TPSA) is 59.9 Å². The third-order valence-electron chi connectivity index (χ3n) is 3.21. The maximum Gasteiger partial charge on any atom is 0.354 e. The van der Waals surface area contributed by atoms with Crippen LogP contribution in [-0.4, -0.2) is 27.6 Å². The van der Waals surface area contributed by atoms with E-state index in [2.05, 4.69) is 14.7 Å². The van der Waals surface area contributed by atoms with Crippen molar-refractivity contribution in [2.75, 3.05) is 7.11 Å². The standard InChI is InChI=1S/C14H12FN3O2/c1-18-11-5-3-4-9(15)12(11)17-13(18)8-6-10(16-7-8)14(19)20-2/h3-7,16H,1-2H3. The molecule has 20 heavy (non-hydrogen) atoms. The highest BCUT2D eigenvalue weighted by Gasteiger charge is 2.15. The van der Waals surface area contributed by atoms with Crippen molar-refractivity contribution in [1.29, 1.82) is 0 Å². The van der Waals surface area contributed by atoms with Crippen molar-refractivity contribution in [2.24, 2.45) is 7.05 Å². The van der Waals surface area contributed by atoms with Crippen molar-refractivity contribution in [3.05, 3.63) is 42.0 Å². The first kappa shape index (κ1) is 12.4. The Morgan fingerprint density at radius 2 is 2.25 bits per heavy atom. The molecule has 0 saturated heterocycles. The Kier molecular flexibility index (Phi) is 2.78. The molecular weight excluding hydrogens is 261 g/mol. The van der Waals surface area contributed by atoms with Gasteiger partial charge >= 0.3 is 5.97 Å². The molecule has 3 rings (SSSR count). The molecule has 0 amide bonds. The summed E-state index contributed by atoms with van der Waals surface area (Å²) in [5.74, 6) is -0.245. The van der Waals surface area contributed by atoms with E-state index in [0.717, 1.165) is 0 Å². The van der Waals surface area contributed by atoms with Gasteiger partial charge in [0.15, 0.2) is 5.82 Å². The maximum atomic E-state index is 13.7. The number of H-pyrrole nitrogens is 1. The summed E-state index contributed by atoms with van der Waals surface area (Å²) in [6, 6.07) is 6.43. The summed E-state index contributed by atoms with van der Waals surface area (Å²) in [5.41, 5.74) is 2.03. The quantitative estimate of drug-likeness (QED) is 0.730. The number of fused-ring (bicyclic) bond motifs is 1. The van der Waals surface area contributed by atoms with E-state index in [0.29, 0.717) is 28.1 Å². The minimum absolute atomic E-state index is 0.311. The number of aromatic nitrogens is 3. The number of aromatic amines is 1. The average Bonchev–Trinajstić information content (AvgIpc) is 3.04. The van der Waals surface area contributed by atoms with Gasteiger partial charge in [0.2, 0.25) is 0 Å². The molecule has 0 aliphatic heterocycles. The van der Waals surface area contributed by atoms with E-state index in [9.17, 15) is 9.18 Å². The molecule has 2 heterocycles. The second-order valence-electron chi connectivity index (χ2n) is 4.40. The molecule has 6 heteroatoms. The number of hydrogen-bond acceptors (Lipinski definition) is 3. The minimum atomic E-state index is -0.457. The number of hydrogen-bond donors (Lipinski definition) is 1. The first-order valence-corrected chi connectivity index (χ1v) is 6.00. The van der Waals surface area contributed by atoms with Crippen LogP contribution in [0.4, 0.5) is 4.39 Å². The van der Waals surface area contributed by atoms with Crippen LogP contribution in [0.1, 0.15) is 10.5 Å². The predicted molar refractivity (Wildman–Crippen MR) is 71.8 cm³/mol. The number of ether oxygens (including phenoxy) is 1. The molecule has 0 radical (unpaired) electrons. The van der Waals surface area contributed by atoms with Crippen LogP contribution in [0.15, 0.2) is 30.5 Å². The molecule has 3 aromatic rings. The van der Waals surface area contributed by atoms with Crippen molar-refractivity contribution in [2.45, 2.75) is 0 Å². The van der Waals surface area contributed by atoms with Gasteiger partial charge < -0.3 is 14.3 Å². The molecule has 0 unspecified atom stereocenters. The summed E-state index contributed by atoms with van der Waals surface area (Å²) in [7, 11) is 3.11. The van der Waals surface area contributed by atoms with Crippen LogP contribution in [0.25, 0.3) is 22.4 Å². The highest BCUT2D eigenvalue weighted by Crippen LogP contribution is 2.25. The Hall–Kier alpha value is -2.63. The number of para-hydroxylation sites is 1. The fourth-order valence-electron chi connectivity index (χ4n) is 2.19. The number of methoxy groups -OCH3 is 1. The summed E-state index contributed by atoms with van der Waals surface area (Å²) in [6.07, 6.45) is 1.64. The molecule has 0 saturated carbocycles. The van der Waals surface area contributed by atoms with Gasteiger partial charge in [-0.1, -0.05) is 6.07 Å². The Balaban J connectivity index is 2.15. The molecule has 0 spiro atoms. The zero-order chi connectivity index (χ0) is 14.3. The van der Waals surface area contributed by atoms with Crippen LogP contribution in [0.5, 0.6) is 0 Å². The van der Waals surface area contributed by atoms with Gasteiger partial charge in [-0.15, -0.1) is 0 Å². The lowest BCUT2D eigenvalue weighted by Crippen LogP contribution is -2.00. The van der Waals surface area contributed by atoms with E-state index in [1.165, 1.54) is 13.2 Å². The lowest BCUT2D eigenvalue weighted by molar-refractivity contribution is 0.0595. The molecule has 1 N–H and O–H groups in total. The number of esters is 1. The smallest absolute Gasteiger partial charge is 0.354 e. The number of halogens is 1. The maximum absolute atomic E-state index is 13.7. The fraction of sp³-hybridized carbons (Fsp3) is 0.143. The van der Waals surface area contributed by atoms with Gasteiger partial charge in [-0.3, -0.25) is 0 Å². The van der Waals surface area contributed by atoms with E-state index in [1.807, 2.05) is 0 Å². The summed E-state index contributed by atoms with van der Waals surface area (Å²) < 4.78 is 20.1. The number of carbonyl (C=O) groups excluding carboxylic acids is 1. The molecule has 5 nitrogen and oxygen atoms in total. The monoisotopic (exact) mass is 273 g/mol. The third-order valence-corrected chi connectivity index (χ3v) is 3.21. The summed E-state index contributed by atoms with van der Waals surface area (Å²) >= 11 is 0. The number of nitrogens with zero attached hydrogens (tertiary/aromatic N) is 2. The van der Waals surface area contributed by atoms with Crippen LogP contribution < -0.4 is 0 Å². The molecule has 102 valence electrons. The SMILES string of the molecule is COC(=O)c1cc(-c2nc3c(F)cccc3n2C)c[nH]1. The van der Waals surface area contributed by atoms with Crippen LogP contribution in [0, 0.1) is 5.82 Å². The minimum Gasteiger partial charge on any atom is -0.464 e. The van der Waals surface area contributed by atoms with Gasteiger partial charge in [-0.25, -0.2) is 14.2 Å². The number of rotatable bonds is 2. The second-order valence-corrected chi connectivity index (χ2v) is 4.40. The first-order chi connectivity index (χ1) is 9.61. The predicted octanol–water partition coefficient (Wildman–Crippen LogP) is 2.49. The highest BCUT2D eigenvalue weighted by atomic mass is 19.1. The molecule has 2 aromatic heterocycles. The normalized spacial score (nSPS) is 10.9. The average molecular weight is 273 g/mol. The molecule has 0 fully saturated rings. The molecule has 0 bridgehead atoms. The lowest BCUT2D eigenvalue weighted by atomic mass is 10.3. The van der Waals surface area contributed by atoms with Gasteiger partial charge in [0.05, 0.1) is 12.6 Å². The molecule has 0 aliphatic rings. The van der Waals surface area contributed by atoms with E-state index in [1.54, 1.807) is 36.0 Å². The Morgan fingerprint density at radius 1 is 1.45 bits per heavy atom. The van der Waals surface area contributed by atoms with E-state index < -0.39 is 5.97 Å². The van der Waals surface area contributed by atoms with Crippen molar-refractivity contribution in [1.82, 2.24) is 14.5 Å². The lowest BCUT2D eigenvalue weighted by Gasteiger charge is -1.98. The molecule has 0 aliphatic carbocycles. The first-order valence-electron chi connectivity index (χ1n) is 6.00. The van der Waals surface area contributed by atoms with Crippen molar-refractivity contribution in [3.63, 3.8) is 0 Å². The Labute approximate surface area is 114 Å². The number of carbonyl (C=O) groups is 1. The van der Waals surface area contributed by atoms with Gasteiger partial charge in [-0.05, 0) is 18.2 Å². The number of aryl methyl sites for hydroxylation is 1. The van der Waals surface area contributed by atoms with Crippen LogP contribution in [-0.2, 0) is 11.8 Å². The van der Waals surface area contributed by atoms with Crippen molar-refractivity contribution in [3.8, 4) is 11.4 Å². The zero-order valence-electron chi connectivity index (χ0n) is 11.0. The van der Waals surface area contributed by atoms with E-state index >= 15 is 0 Å². The number of nitrogens with one attached hydrogen (secondary N) is 1. The van der Waals surface area contributed by atoms with Crippen LogP contribution in [0.2, 0.25) is 0 Å². The fourth-order valence-corrected chi connectivity index (χ4v) is 2.19. The molecule has 1 aromatic carbocycles. The Morgan fingerprint density at radius 3 is 2.95 bits per heavy atom. The highest BCUT2D eigenvalue weighted by molar-refractivity contribution is 5.89. The second kappa shape index (κ2) is 4.48. The van der Waals surface area contributed by atoms with Gasteiger partial charge in [0, 0.05) is 18.8 Å². The largest absolute Gasteiger partial charge is 0.464 e. The van der Waals surface area contributed by atoms with Crippen LogP contribution in [0.3, 0.4) is 0 Å². The van der Waals surface area contributed by atoms with Crippen molar-refractivity contribution >= 4 is 17.0 Å².